The summed E-state index contributed by atoms with van der Waals surface area (Å²) in [5, 5.41) is 13.3. The van der Waals surface area contributed by atoms with Gasteiger partial charge in [0.05, 0.1) is 0 Å². The van der Waals surface area contributed by atoms with Crippen LogP contribution >= 0.6 is 11.6 Å². The molecule has 2 N–H and O–H groups in total. The molecule has 0 fully saturated rings. The van der Waals surface area contributed by atoms with Gasteiger partial charge in [0.1, 0.15) is 5.52 Å². The maximum absolute atomic E-state index is 11.8. The van der Waals surface area contributed by atoms with E-state index in [2.05, 4.69) is 10.3 Å². The number of halogens is 1. The van der Waals surface area contributed by atoms with Crippen LogP contribution in [0.4, 0.5) is 5.69 Å². The number of oxazole rings is 1. The number of aliphatic carboxylic acids is 1. The van der Waals surface area contributed by atoms with Crippen molar-refractivity contribution >= 4 is 34.4 Å². The minimum Gasteiger partial charge on any atom is -0.479 e. The third-order valence-electron chi connectivity index (χ3n) is 3.57. The Labute approximate surface area is 131 Å². The van der Waals surface area contributed by atoms with Gasteiger partial charge in [0.15, 0.2) is 17.5 Å². The van der Waals surface area contributed by atoms with Gasteiger partial charge < -0.3 is 14.8 Å². The molecule has 0 radical (unpaired) electrons. The first-order valence-corrected chi connectivity index (χ1v) is 6.98. The predicted octanol–water partition coefficient (Wildman–Crippen LogP) is 3.89. The van der Waals surface area contributed by atoms with Crippen LogP contribution in [-0.4, -0.2) is 16.1 Å². The third kappa shape index (κ3) is 2.51. The maximum atomic E-state index is 11.8. The number of anilines is 1. The molecule has 112 valence electrons. The van der Waals surface area contributed by atoms with Crippen molar-refractivity contribution in [3.63, 3.8) is 0 Å². The second kappa shape index (κ2) is 5.35. The summed E-state index contributed by atoms with van der Waals surface area (Å²) in [6.45, 7) is 1.60. The lowest BCUT2D eigenvalue weighted by Crippen LogP contribution is -2.40. The van der Waals surface area contributed by atoms with Crippen molar-refractivity contribution in [2.75, 3.05) is 5.32 Å². The number of rotatable bonds is 4. The molecule has 3 rings (SSSR count). The second-order valence-corrected chi connectivity index (χ2v) is 5.53. The van der Waals surface area contributed by atoms with Gasteiger partial charge in [-0.25, -0.2) is 9.78 Å². The van der Waals surface area contributed by atoms with E-state index in [1.165, 1.54) is 6.39 Å². The summed E-state index contributed by atoms with van der Waals surface area (Å²) in [6, 6.07) is 12.0. The molecule has 0 aliphatic carbocycles. The van der Waals surface area contributed by atoms with E-state index in [4.69, 9.17) is 16.0 Å². The molecule has 1 aromatic heterocycles. The van der Waals surface area contributed by atoms with Crippen LogP contribution in [0.15, 0.2) is 53.3 Å². The molecule has 0 amide bonds. The molecule has 1 atom stereocenters. The van der Waals surface area contributed by atoms with E-state index in [0.29, 0.717) is 27.4 Å². The average molecular weight is 317 g/mol. The van der Waals surface area contributed by atoms with Crippen molar-refractivity contribution in [2.45, 2.75) is 12.5 Å². The van der Waals surface area contributed by atoms with Crippen LogP contribution in [0.3, 0.4) is 0 Å². The van der Waals surface area contributed by atoms with Gasteiger partial charge in [-0.3, -0.25) is 0 Å². The van der Waals surface area contributed by atoms with Gasteiger partial charge in [-0.05, 0) is 42.8 Å². The summed E-state index contributed by atoms with van der Waals surface area (Å²) in [6.07, 6.45) is 1.35. The topological polar surface area (TPSA) is 75.4 Å². The second-order valence-electron chi connectivity index (χ2n) is 5.10. The van der Waals surface area contributed by atoms with E-state index >= 15 is 0 Å². The first-order valence-electron chi connectivity index (χ1n) is 6.60. The Kier molecular flexibility index (Phi) is 3.50. The van der Waals surface area contributed by atoms with Crippen molar-refractivity contribution in [3.8, 4) is 0 Å². The zero-order valence-corrected chi connectivity index (χ0v) is 12.5. The van der Waals surface area contributed by atoms with Crippen LogP contribution in [0.5, 0.6) is 0 Å². The molecule has 22 heavy (non-hydrogen) atoms. The maximum Gasteiger partial charge on any atom is 0.333 e. The first kappa shape index (κ1) is 14.4. The van der Waals surface area contributed by atoms with Crippen molar-refractivity contribution < 1.29 is 14.3 Å². The van der Waals surface area contributed by atoms with Gasteiger partial charge in [0, 0.05) is 10.7 Å². The Morgan fingerprint density at radius 2 is 2.00 bits per heavy atom. The lowest BCUT2D eigenvalue weighted by Gasteiger charge is -2.28. The highest BCUT2D eigenvalue weighted by molar-refractivity contribution is 6.30. The molecule has 3 aromatic rings. The van der Waals surface area contributed by atoms with E-state index in [1.807, 2.05) is 0 Å². The van der Waals surface area contributed by atoms with Crippen LogP contribution in [0.1, 0.15) is 12.5 Å². The van der Waals surface area contributed by atoms with Crippen LogP contribution in [-0.2, 0) is 10.3 Å². The van der Waals surface area contributed by atoms with Gasteiger partial charge in [-0.15, -0.1) is 0 Å². The number of fused-ring (bicyclic) bond motifs is 1. The Hall–Kier alpha value is -2.53. The number of benzene rings is 2. The Balaban J connectivity index is 2.00. The minimum absolute atomic E-state index is 0.556. The summed E-state index contributed by atoms with van der Waals surface area (Å²) in [5.74, 6) is -0.991. The van der Waals surface area contributed by atoms with E-state index in [0.717, 1.165) is 0 Å². The number of carboxylic acids is 1. The minimum atomic E-state index is -1.29. The van der Waals surface area contributed by atoms with Crippen LogP contribution in [0, 0.1) is 0 Å². The molecule has 0 aliphatic heterocycles. The lowest BCUT2D eigenvalue weighted by molar-refractivity contribution is -0.142. The molecule has 0 aliphatic rings. The predicted molar refractivity (Wildman–Crippen MR) is 84.1 cm³/mol. The fourth-order valence-electron chi connectivity index (χ4n) is 2.26. The molecule has 0 spiro atoms. The normalized spacial score (nSPS) is 13.7. The number of carbonyl (C=O) groups is 1. The summed E-state index contributed by atoms with van der Waals surface area (Å²) >= 11 is 5.87. The van der Waals surface area contributed by atoms with E-state index in [1.54, 1.807) is 49.4 Å². The summed E-state index contributed by atoms with van der Waals surface area (Å²) in [4.78, 5) is 15.9. The fourth-order valence-corrected chi connectivity index (χ4v) is 2.38. The zero-order chi connectivity index (χ0) is 15.7. The number of aromatic nitrogens is 1. The number of hydrogen-bond donors (Lipinski definition) is 2. The van der Waals surface area contributed by atoms with Crippen molar-refractivity contribution in [2.24, 2.45) is 0 Å². The van der Waals surface area contributed by atoms with Crippen molar-refractivity contribution in [1.82, 2.24) is 4.98 Å². The highest BCUT2D eigenvalue weighted by atomic mass is 35.5. The highest BCUT2D eigenvalue weighted by Gasteiger charge is 2.35. The molecule has 0 saturated carbocycles. The van der Waals surface area contributed by atoms with Gasteiger partial charge in [-0.1, -0.05) is 23.7 Å². The first-order chi connectivity index (χ1) is 10.5. The fraction of sp³-hybridized carbons (Fsp3) is 0.125. The largest absolute Gasteiger partial charge is 0.479 e. The molecule has 0 saturated heterocycles. The molecular weight excluding hydrogens is 304 g/mol. The smallest absolute Gasteiger partial charge is 0.333 e. The Morgan fingerprint density at radius 1 is 1.27 bits per heavy atom. The molecule has 5 nitrogen and oxygen atoms in total. The summed E-state index contributed by atoms with van der Waals surface area (Å²) in [7, 11) is 0. The van der Waals surface area contributed by atoms with E-state index in [-0.39, 0.29) is 0 Å². The highest BCUT2D eigenvalue weighted by Crippen LogP contribution is 2.29. The van der Waals surface area contributed by atoms with E-state index in [9.17, 15) is 9.90 Å². The van der Waals surface area contributed by atoms with Crippen molar-refractivity contribution in [3.05, 3.63) is 59.4 Å². The summed E-state index contributed by atoms with van der Waals surface area (Å²) < 4.78 is 5.18. The number of hydrogen-bond acceptors (Lipinski definition) is 4. The number of nitrogens with zero attached hydrogens (tertiary/aromatic N) is 1. The van der Waals surface area contributed by atoms with Gasteiger partial charge >= 0.3 is 5.97 Å². The molecule has 6 heteroatoms. The Morgan fingerprint density at radius 3 is 2.68 bits per heavy atom. The average Bonchev–Trinajstić information content (AvgIpc) is 2.95. The summed E-state index contributed by atoms with van der Waals surface area (Å²) in [5.41, 5.74) is 1.26. The quantitative estimate of drug-likeness (QED) is 0.763. The third-order valence-corrected chi connectivity index (χ3v) is 3.83. The molecule has 1 heterocycles. The number of carboxylic acid groups (broad SMARTS) is 1. The van der Waals surface area contributed by atoms with Gasteiger partial charge in [0.25, 0.3) is 0 Å². The zero-order valence-electron chi connectivity index (χ0n) is 11.7. The lowest BCUT2D eigenvalue weighted by atomic mass is 9.91. The van der Waals surface area contributed by atoms with Gasteiger partial charge in [0.2, 0.25) is 0 Å². The van der Waals surface area contributed by atoms with Gasteiger partial charge in [-0.2, -0.15) is 0 Å². The van der Waals surface area contributed by atoms with Crippen LogP contribution < -0.4 is 5.32 Å². The molecule has 0 bridgehead atoms. The molecule has 1 unspecified atom stereocenters. The Bertz CT molecular complexity index is 829. The standard InChI is InChI=1S/C16H13ClN2O3/c1-16(15(20)21,10-2-4-11(17)5-3-10)19-12-6-7-14-13(8-12)18-9-22-14/h2-9,19H,1H3,(H,20,21). The molecule has 2 aromatic carbocycles. The van der Waals surface area contributed by atoms with Crippen molar-refractivity contribution in [1.29, 1.82) is 0 Å². The monoisotopic (exact) mass is 316 g/mol. The number of nitrogens with one attached hydrogen (secondary N) is 1. The van der Waals surface area contributed by atoms with Crippen LogP contribution in [0.2, 0.25) is 5.02 Å². The van der Waals surface area contributed by atoms with E-state index < -0.39 is 11.5 Å². The van der Waals surface area contributed by atoms with Crippen LogP contribution in [0.25, 0.3) is 11.1 Å². The molecular formula is C16H13ClN2O3. The SMILES string of the molecule is CC(Nc1ccc2ocnc2c1)(C(=O)O)c1ccc(Cl)cc1.